The third-order valence-corrected chi connectivity index (χ3v) is 5.72. The van der Waals surface area contributed by atoms with Crippen molar-refractivity contribution < 1.29 is 12.8 Å². The van der Waals surface area contributed by atoms with E-state index in [2.05, 4.69) is 4.98 Å². The average Bonchev–Trinajstić information content (AvgIpc) is 3.05. The van der Waals surface area contributed by atoms with Crippen molar-refractivity contribution >= 4 is 10.0 Å². The van der Waals surface area contributed by atoms with Crippen molar-refractivity contribution in [3.63, 3.8) is 0 Å². The predicted molar refractivity (Wildman–Crippen MR) is 97.4 cm³/mol. The van der Waals surface area contributed by atoms with Crippen LogP contribution in [0.15, 0.2) is 63.0 Å². The molecule has 0 spiro atoms. The van der Waals surface area contributed by atoms with Crippen LogP contribution in [0.25, 0.3) is 11.5 Å². The summed E-state index contributed by atoms with van der Waals surface area (Å²) < 4.78 is 32.4. The number of benzene rings is 1. The van der Waals surface area contributed by atoms with Gasteiger partial charge in [0.1, 0.15) is 6.26 Å². The maximum Gasteiger partial charge on any atom is 0.250 e. The second-order valence-electron chi connectivity index (χ2n) is 6.13. The largest absolute Gasteiger partial charge is 0.444 e. The molecule has 2 heterocycles. The van der Waals surface area contributed by atoms with Gasteiger partial charge in [-0.05, 0) is 25.1 Å². The highest BCUT2D eigenvalue weighted by atomic mass is 32.2. The first-order valence-corrected chi connectivity index (χ1v) is 9.36. The number of aromatic nitrogens is 2. The Labute approximate surface area is 151 Å². The van der Waals surface area contributed by atoms with Gasteiger partial charge in [0.2, 0.25) is 15.9 Å². The Bertz CT molecular complexity index is 1080. The van der Waals surface area contributed by atoms with E-state index in [0.29, 0.717) is 11.6 Å². The van der Waals surface area contributed by atoms with Crippen LogP contribution >= 0.6 is 0 Å². The van der Waals surface area contributed by atoms with Crippen molar-refractivity contribution in [3.05, 3.63) is 70.5 Å². The van der Waals surface area contributed by atoms with Gasteiger partial charge in [0, 0.05) is 31.9 Å². The zero-order valence-electron chi connectivity index (χ0n) is 14.7. The van der Waals surface area contributed by atoms with Crippen LogP contribution in [0.4, 0.5) is 0 Å². The van der Waals surface area contributed by atoms with Crippen LogP contribution < -0.4 is 5.56 Å². The van der Waals surface area contributed by atoms with Gasteiger partial charge in [-0.2, -0.15) is 0 Å². The molecule has 0 amide bonds. The van der Waals surface area contributed by atoms with Gasteiger partial charge in [-0.25, -0.2) is 17.7 Å². The minimum atomic E-state index is -3.62. The van der Waals surface area contributed by atoms with Gasteiger partial charge in [-0.3, -0.25) is 4.79 Å². The molecule has 7 nitrogen and oxygen atoms in total. The van der Waals surface area contributed by atoms with Crippen molar-refractivity contribution in [2.24, 2.45) is 0 Å². The molecular weight excluding hydrogens is 354 g/mol. The Kier molecular flexibility index (Phi) is 4.80. The lowest BCUT2D eigenvalue weighted by atomic mass is 10.1. The standard InChI is InChI=1S/C18H19N3O4S/c1-13-4-6-14(7-5-13)18-19-15(12-25-18)10-21-11-16(8-9-17(21)22)26(23,24)20(2)3/h4-9,11-12H,10H2,1-3H3. The maximum atomic E-state index is 12.2. The highest BCUT2D eigenvalue weighted by molar-refractivity contribution is 7.89. The van der Waals surface area contributed by atoms with E-state index in [-0.39, 0.29) is 17.0 Å². The Balaban J connectivity index is 1.90. The Hall–Kier alpha value is -2.71. The lowest BCUT2D eigenvalue weighted by Gasteiger charge is -2.12. The molecular formula is C18H19N3O4S. The molecule has 136 valence electrons. The summed E-state index contributed by atoms with van der Waals surface area (Å²) in [5.41, 5.74) is 2.17. The van der Waals surface area contributed by atoms with Crippen molar-refractivity contribution in [1.29, 1.82) is 0 Å². The minimum Gasteiger partial charge on any atom is -0.444 e. The van der Waals surface area contributed by atoms with E-state index in [4.69, 9.17) is 4.42 Å². The molecule has 0 radical (unpaired) electrons. The number of sulfonamides is 1. The summed E-state index contributed by atoms with van der Waals surface area (Å²) in [7, 11) is -0.739. The topological polar surface area (TPSA) is 85.4 Å². The second kappa shape index (κ2) is 6.89. The molecule has 0 atom stereocenters. The minimum absolute atomic E-state index is 0.0457. The fraction of sp³-hybridized carbons (Fsp3) is 0.222. The van der Waals surface area contributed by atoms with Crippen LogP contribution in [0, 0.1) is 6.92 Å². The molecule has 0 fully saturated rings. The molecule has 8 heteroatoms. The highest BCUT2D eigenvalue weighted by Crippen LogP contribution is 2.19. The Morgan fingerprint density at radius 2 is 1.81 bits per heavy atom. The van der Waals surface area contributed by atoms with Gasteiger partial charge in [0.05, 0.1) is 17.1 Å². The summed E-state index contributed by atoms with van der Waals surface area (Å²) in [6.45, 7) is 2.11. The van der Waals surface area contributed by atoms with Gasteiger partial charge in [-0.1, -0.05) is 17.7 Å². The first kappa shape index (κ1) is 18.1. The molecule has 0 saturated heterocycles. The van der Waals surface area contributed by atoms with E-state index in [9.17, 15) is 13.2 Å². The Morgan fingerprint density at radius 1 is 1.12 bits per heavy atom. The van der Waals surface area contributed by atoms with E-state index >= 15 is 0 Å². The lowest BCUT2D eigenvalue weighted by Crippen LogP contribution is -2.26. The molecule has 0 bridgehead atoms. The molecule has 3 rings (SSSR count). The fourth-order valence-corrected chi connectivity index (χ4v) is 3.30. The smallest absolute Gasteiger partial charge is 0.250 e. The van der Waals surface area contributed by atoms with Crippen molar-refractivity contribution in [1.82, 2.24) is 13.9 Å². The van der Waals surface area contributed by atoms with E-state index < -0.39 is 10.0 Å². The van der Waals surface area contributed by atoms with Gasteiger partial charge in [0.15, 0.2) is 0 Å². The second-order valence-corrected chi connectivity index (χ2v) is 8.28. The van der Waals surface area contributed by atoms with Crippen LogP contribution in [-0.2, 0) is 16.6 Å². The number of hydrogen-bond acceptors (Lipinski definition) is 5. The SMILES string of the molecule is Cc1ccc(-c2nc(Cn3cc(S(=O)(=O)N(C)C)ccc3=O)co2)cc1. The van der Waals surface area contributed by atoms with Crippen molar-refractivity contribution in [2.75, 3.05) is 14.1 Å². The van der Waals surface area contributed by atoms with Crippen LogP contribution in [0.2, 0.25) is 0 Å². The fourth-order valence-electron chi connectivity index (χ4n) is 2.38. The number of hydrogen-bond donors (Lipinski definition) is 0. The van der Waals surface area contributed by atoms with E-state index in [1.54, 1.807) is 0 Å². The molecule has 26 heavy (non-hydrogen) atoms. The summed E-state index contributed by atoms with van der Waals surface area (Å²) in [4.78, 5) is 16.5. The molecule has 0 N–H and O–H groups in total. The first-order chi connectivity index (χ1) is 12.3. The quantitative estimate of drug-likeness (QED) is 0.684. The zero-order chi connectivity index (χ0) is 18.9. The number of rotatable bonds is 5. The molecule has 0 aliphatic carbocycles. The maximum absolute atomic E-state index is 12.2. The molecule has 1 aromatic carbocycles. The summed E-state index contributed by atoms with van der Waals surface area (Å²) in [5, 5.41) is 0. The van der Waals surface area contributed by atoms with Gasteiger partial charge in [0.25, 0.3) is 5.56 Å². The summed E-state index contributed by atoms with van der Waals surface area (Å²) in [6.07, 6.45) is 2.78. The third-order valence-electron chi connectivity index (χ3n) is 3.92. The number of pyridine rings is 1. The monoisotopic (exact) mass is 373 g/mol. The van der Waals surface area contributed by atoms with Gasteiger partial charge < -0.3 is 8.98 Å². The molecule has 2 aromatic heterocycles. The molecule has 0 unspecified atom stereocenters. The third kappa shape index (κ3) is 3.61. The molecule has 0 saturated carbocycles. The van der Waals surface area contributed by atoms with Crippen LogP contribution in [0.1, 0.15) is 11.3 Å². The number of aryl methyl sites for hydroxylation is 1. The number of oxazole rings is 1. The van der Waals surface area contributed by atoms with Crippen LogP contribution in [0.5, 0.6) is 0 Å². The van der Waals surface area contributed by atoms with Crippen LogP contribution in [0.3, 0.4) is 0 Å². The van der Waals surface area contributed by atoms with E-state index in [1.165, 1.54) is 43.3 Å². The van der Waals surface area contributed by atoms with Crippen molar-refractivity contribution in [3.8, 4) is 11.5 Å². The molecule has 3 aromatic rings. The Morgan fingerprint density at radius 3 is 2.46 bits per heavy atom. The average molecular weight is 373 g/mol. The number of nitrogens with zero attached hydrogens (tertiary/aromatic N) is 3. The zero-order valence-corrected chi connectivity index (χ0v) is 15.5. The van der Waals surface area contributed by atoms with Crippen molar-refractivity contribution in [2.45, 2.75) is 18.4 Å². The molecule has 0 aliphatic heterocycles. The van der Waals surface area contributed by atoms with Crippen LogP contribution in [-0.4, -0.2) is 36.4 Å². The normalized spacial score (nSPS) is 11.8. The lowest BCUT2D eigenvalue weighted by molar-refractivity contribution is 0.519. The van der Waals surface area contributed by atoms with Gasteiger partial charge in [-0.15, -0.1) is 0 Å². The summed E-state index contributed by atoms with van der Waals surface area (Å²) >= 11 is 0. The summed E-state index contributed by atoms with van der Waals surface area (Å²) in [5.74, 6) is 0.449. The predicted octanol–water partition coefficient (Wildman–Crippen LogP) is 2.11. The van der Waals surface area contributed by atoms with Gasteiger partial charge >= 0.3 is 0 Å². The molecule has 0 aliphatic rings. The first-order valence-electron chi connectivity index (χ1n) is 7.92. The van der Waals surface area contributed by atoms with E-state index in [0.717, 1.165) is 15.4 Å². The summed E-state index contributed by atoms with van der Waals surface area (Å²) in [6, 6.07) is 10.3. The highest BCUT2D eigenvalue weighted by Gasteiger charge is 2.18. The van der Waals surface area contributed by atoms with E-state index in [1.807, 2.05) is 31.2 Å².